The summed E-state index contributed by atoms with van der Waals surface area (Å²) in [5.74, 6) is -1.95. The van der Waals surface area contributed by atoms with Crippen molar-refractivity contribution in [3.63, 3.8) is 0 Å². The van der Waals surface area contributed by atoms with Crippen LogP contribution in [0.25, 0.3) is 0 Å². The van der Waals surface area contributed by atoms with E-state index in [9.17, 15) is 15.0 Å². The third kappa shape index (κ3) is 4.83. The Morgan fingerprint density at radius 3 is 2.32 bits per heavy atom. The predicted octanol–water partition coefficient (Wildman–Crippen LogP) is 5.00. The molecule has 2 rings (SSSR count). The first-order valence-electron chi connectivity index (χ1n) is 8.50. The minimum absolute atomic E-state index is 0.0883. The van der Waals surface area contributed by atoms with Gasteiger partial charge < -0.3 is 10.2 Å². The Morgan fingerprint density at radius 1 is 1.16 bits per heavy atom. The van der Waals surface area contributed by atoms with Gasteiger partial charge in [0.15, 0.2) is 0 Å². The smallest absolute Gasteiger partial charge is 0.309 e. The molecule has 25 heavy (non-hydrogen) atoms. The van der Waals surface area contributed by atoms with Gasteiger partial charge in [-0.15, -0.1) is 0 Å². The Labute approximate surface area is 154 Å². The molecule has 0 amide bonds. The van der Waals surface area contributed by atoms with Gasteiger partial charge in [0.25, 0.3) is 0 Å². The molecule has 2 N–H and O–H groups in total. The fourth-order valence-corrected chi connectivity index (χ4v) is 3.01. The largest absolute Gasteiger partial charge is 0.481 e. The number of carbonyl (C=O) groups is 1. The molecule has 0 spiro atoms. The summed E-state index contributed by atoms with van der Waals surface area (Å²) < 4.78 is 0. The first-order valence-corrected chi connectivity index (χ1v) is 8.88. The number of carboxylic acid groups (broad SMARTS) is 1. The Hall–Kier alpha value is -1.84. The van der Waals surface area contributed by atoms with E-state index in [1.165, 1.54) is 5.56 Å². The maximum atomic E-state index is 11.7. The number of hydrogen-bond donors (Lipinski definition) is 2. The number of rotatable bonds is 7. The van der Waals surface area contributed by atoms with Crippen LogP contribution in [0.1, 0.15) is 50.0 Å². The fraction of sp³-hybridized carbons (Fsp3) is 0.381. The van der Waals surface area contributed by atoms with E-state index < -0.39 is 18.0 Å². The van der Waals surface area contributed by atoms with Gasteiger partial charge >= 0.3 is 5.97 Å². The molecule has 0 aliphatic heterocycles. The molecular formula is C21H25ClO3. The van der Waals surface area contributed by atoms with Crippen molar-refractivity contribution in [3.8, 4) is 0 Å². The van der Waals surface area contributed by atoms with Crippen molar-refractivity contribution >= 4 is 17.6 Å². The molecule has 0 fully saturated rings. The van der Waals surface area contributed by atoms with Crippen molar-refractivity contribution in [2.45, 2.75) is 45.1 Å². The monoisotopic (exact) mass is 360 g/mol. The van der Waals surface area contributed by atoms with Crippen molar-refractivity contribution in [3.05, 3.63) is 70.2 Å². The second-order valence-electron chi connectivity index (χ2n) is 7.08. The van der Waals surface area contributed by atoms with Crippen molar-refractivity contribution < 1.29 is 15.0 Å². The summed E-state index contributed by atoms with van der Waals surface area (Å²) in [6, 6.07) is 14.7. The van der Waals surface area contributed by atoms with Crippen LogP contribution in [-0.4, -0.2) is 16.2 Å². The molecule has 4 heteroatoms. The minimum atomic E-state index is -1.11. The number of aliphatic carboxylic acids is 1. The quantitative estimate of drug-likeness (QED) is 0.730. The van der Waals surface area contributed by atoms with Crippen LogP contribution >= 0.6 is 11.6 Å². The second kappa shape index (κ2) is 8.03. The zero-order chi connectivity index (χ0) is 18.6. The van der Waals surface area contributed by atoms with Crippen molar-refractivity contribution in [2.24, 2.45) is 5.92 Å². The minimum Gasteiger partial charge on any atom is -0.481 e. The molecule has 0 aromatic heterocycles. The van der Waals surface area contributed by atoms with Gasteiger partial charge in [-0.05, 0) is 47.1 Å². The average Bonchev–Trinajstić information content (AvgIpc) is 2.59. The molecule has 2 atom stereocenters. The molecule has 134 valence electrons. The van der Waals surface area contributed by atoms with Crippen molar-refractivity contribution in [1.29, 1.82) is 0 Å². The van der Waals surface area contributed by atoms with Gasteiger partial charge in [-0.1, -0.05) is 68.8 Å². The standard InChI is InChI=1S/C21H25ClO3/c1-4-21(2,3)16-10-8-14(9-11-16)12-18(20(24)25)19(23)15-6-5-7-17(22)13-15/h5-11,13,18-19,23H,4,12H2,1-3H3,(H,24,25). The molecule has 0 saturated heterocycles. The summed E-state index contributed by atoms with van der Waals surface area (Å²) in [7, 11) is 0. The van der Waals surface area contributed by atoms with E-state index in [1.54, 1.807) is 24.3 Å². The molecular weight excluding hydrogens is 336 g/mol. The maximum Gasteiger partial charge on any atom is 0.309 e. The van der Waals surface area contributed by atoms with E-state index in [-0.39, 0.29) is 11.8 Å². The molecule has 2 unspecified atom stereocenters. The van der Waals surface area contributed by atoms with E-state index >= 15 is 0 Å². The Kier molecular flexibility index (Phi) is 6.26. The van der Waals surface area contributed by atoms with Gasteiger partial charge in [0, 0.05) is 5.02 Å². The van der Waals surface area contributed by atoms with E-state index in [2.05, 4.69) is 20.8 Å². The van der Waals surface area contributed by atoms with Crippen LogP contribution in [0.15, 0.2) is 48.5 Å². The molecule has 0 aliphatic carbocycles. The molecule has 0 heterocycles. The Balaban J connectivity index is 2.20. The Morgan fingerprint density at radius 2 is 1.80 bits per heavy atom. The van der Waals surface area contributed by atoms with Crippen LogP contribution in [0, 0.1) is 5.92 Å². The van der Waals surface area contributed by atoms with Gasteiger partial charge in [-0.3, -0.25) is 4.79 Å². The number of halogens is 1. The molecule has 0 radical (unpaired) electrons. The SMILES string of the molecule is CCC(C)(C)c1ccc(CC(C(=O)O)C(O)c2cccc(Cl)c2)cc1. The lowest BCUT2D eigenvalue weighted by Gasteiger charge is -2.24. The second-order valence-corrected chi connectivity index (χ2v) is 7.52. The molecule has 3 nitrogen and oxygen atoms in total. The Bertz CT molecular complexity index is 722. The van der Waals surface area contributed by atoms with Gasteiger partial charge in [-0.2, -0.15) is 0 Å². The van der Waals surface area contributed by atoms with E-state index in [4.69, 9.17) is 11.6 Å². The topological polar surface area (TPSA) is 57.5 Å². The van der Waals surface area contributed by atoms with Crippen molar-refractivity contribution in [1.82, 2.24) is 0 Å². The fourth-order valence-electron chi connectivity index (χ4n) is 2.81. The highest BCUT2D eigenvalue weighted by Crippen LogP contribution is 2.30. The molecule has 0 saturated carbocycles. The summed E-state index contributed by atoms with van der Waals surface area (Å²) >= 11 is 5.95. The lowest BCUT2D eigenvalue weighted by molar-refractivity contribution is -0.145. The molecule has 0 bridgehead atoms. The maximum absolute atomic E-state index is 11.7. The van der Waals surface area contributed by atoms with E-state index in [0.29, 0.717) is 10.6 Å². The van der Waals surface area contributed by atoms with Gasteiger partial charge in [0.1, 0.15) is 0 Å². The van der Waals surface area contributed by atoms with E-state index in [0.717, 1.165) is 12.0 Å². The molecule has 2 aromatic rings. The normalized spacial score (nSPS) is 14.1. The van der Waals surface area contributed by atoms with Crippen LogP contribution < -0.4 is 0 Å². The van der Waals surface area contributed by atoms with Crippen LogP contribution in [0.2, 0.25) is 5.02 Å². The van der Waals surface area contributed by atoms with Gasteiger partial charge in [0.2, 0.25) is 0 Å². The predicted molar refractivity (Wildman–Crippen MR) is 101 cm³/mol. The number of carboxylic acids is 1. The number of benzene rings is 2. The number of hydrogen-bond acceptors (Lipinski definition) is 2. The third-order valence-corrected chi connectivity index (χ3v) is 5.20. The van der Waals surface area contributed by atoms with E-state index in [1.807, 2.05) is 24.3 Å². The van der Waals surface area contributed by atoms with Crippen LogP contribution in [0.3, 0.4) is 0 Å². The van der Waals surface area contributed by atoms with Gasteiger partial charge in [0.05, 0.1) is 12.0 Å². The highest BCUT2D eigenvalue weighted by atomic mass is 35.5. The first-order chi connectivity index (χ1) is 11.7. The van der Waals surface area contributed by atoms with Crippen molar-refractivity contribution in [2.75, 3.05) is 0 Å². The summed E-state index contributed by atoms with van der Waals surface area (Å²) in [4.78, 5) is 11.7. The zero-order valence-electron chi connectivity index (χ0n) is 14.9. The van der Waals surface area contributed by atoms with Crippen LogP contribution in [-0.2, 0) is 16.6 Å². The number of aliphatic hydroxyl groups excluding tert-OH is 1. The van der Waals surface area contributed by atoms with Gasteiger partial charge in [-0.25, -0.2) is 0 Å². The highest BCUT2D eigenvalue weighted by Gasteiger charge is 2.28. The summed E-state index contributed by atoms with van der Waals surface area (Å²) in [5, 5.41) is 20.6. The lowest BCUT2D eigenvalue weighted by atomic mass is 9.81. The summed E-state index contributed by atoms with van der Waals surface area (Å²) in [6.07, 6.45) is 0.177. The zero-order valence-corrected chi connectivity index (χ0v) is 15.6. The lowest BCUT2D eigenvalue weighted by Crippen LogP contribution is -2.24. The van der Waals surface area contributed by atoms with Crippen LogP contribution in [0.5, 0.6) is 0 Å². The van der Waals surface area contributed by atoms with Crippen LogP contribution in [0.4, 0.5) is 0 Å². The summed E-state index contributed by atoms with van der Waals surface area (Å²) in [6.45, 7) is 6.52. The first kappa shape index (κ1) is 19.5. The molecule has 0 aliphatic rings. The average molecular weight is 361 g/mol. The summed E-state index contributed by atoms with van der Waals surface area (Å²) in [5.41, 5.74) is 2.72. The third-order valence-electron chi connectivity index (χ3n) is 4.96. The highest BCUT2D eigenvalue weighted by molar-refractivity contribution is 6.30. The molecule has 2 aromatic carbocycles. The number of aliphatic hydroxyl groups is 1.